The molecule has 12 heteroatoms. The number of hydrogen-bond acceptors (Lipinski definition) is 9. The number of aliphatic carboxylic acids is 3. The molecule has 0 amide bonds. The summed E-state index contributed by atoms with van der Waals surface area (Å²) < 4.78 is 0. The second kappa shape index (κ2) is 86.8. The molecule has 84 heavy (non-hydrogen) atoms. The molecule has 0 saturated heterocycles. The van der Waals surface area contributed by atoms with Crippen molar-refractivity contribution in [2.24, 2.45) is 0 Å². The zero-order chi connectivity index (χ0) is 63.1. The lowest BCUT2D eigenvalue weighted by Gasteiger charge is -2.01. The Kier molecular flexibility index (Phi) is 93.2. The standard InChI is InChI=1S/3C22H42O2.2C3H8O3/c3*1-2-3-4-5-6-7-8-9-10-11-12-13-14-15-16-17-18-19-20-21-22(23)24;2*4-1-3(6)2-5/h3*9-10H,2-8,11-21H2,1H3,(H,23,24);2*3-6H,1-2H2/b3*10-9-;;. The first-order valence-corrected chi connectivity index (χ1v) is 35.3. The summed E-state index contributed by atoms with van der Waals surface area (Å²) in [5.41, 5.74) is 0. The zero-order valence-electron chi connectivity index (χ0n) is 55.4. The fourth-order valence-electron chi connectivity index (χ4n) is 9.28. The third kappa shape index (κ3) is 104. The lowest BCUT2D eigenvalue weighted by atomic mass is 10.1. The van der Waals surface area contributed by atoms with Gasteiger partial charge in [0.05, 0.1) is 26.4 Å². The van der Waals surface area contributed by atoms with Crippen LogP contribution < -0.4 is 0 Å². The quantitative estimate of drug-likeness (QED) is 0.0204. The third-order valence-electron chi connectivity index (χ3n) is 14.8. The molecule has 0 spiro atoms. The molecule has 502 valence electrons. The largest absolute Gasteiger partial charge is 0.481 e. The Morgan fingerprint density at radius 3 is 0.488 bits per heavy atom. The molecular formula is C72H142O12. The number of carbonyl (C=O) groups is 3. The van der Waals surface area contributed by atoms with E-state index in [2.05, 4.69) is 57.2 Å². The first-order chi connectivity index (χ1) is 40.9. The highest BCUT2D eigenvalue weighted by Gasteiger charge is 2.01. The van der Waals surface area contributed by atoms with Gasteiger partial charge in [-0.1, -0.05) is 288 Å². The molecule has 12 nitrogen and oxygen atoms in total. The van der Waals surface area contributed by atoms with E-state index in [-0.39, 0.29) is 26.4 Å². The normalized spacial score (nSPS) is 11.2. The van der Waals surface area contributed by atoms with Crippen LogP contribution in [0.5, 0.6) is 0 Å². The number of allylic oxidation sites excluding steroid dienone is 6. The van der Waals surface area contributed by atoms with Gasteiger partial charge in [0.1, 0.15) is 12.2 Å². The van der Waals surface area contributed by atoms with E-state index < -0.39 is 30.1 Å². The van der Waals surface area contributed by atoms with Gasteiger partial charge in [0.25, 0.3) is 0 Å². The fourth-order valence-corrected chi connectivity index (χ4v) is 9.28. The van der Waals surface area contributed by atoms with Crippen LogP contribution in [0.3, 0.4) is 0 Å². The molecule has 0 saturated carbocycles. The van der Waals surface area contributed by atoms with Crippen molar-refractivity contribution >= 4 is 17.9 Å². The molecule has 0 heterocycles. The van der Waals surface area contributed by atoms with Crippen molar-refractivity contribution in [2.75, 3.05) is 26.4 Å². The van der Waals surface area contributed by atoms with Crippen LogP contribution in [0.4, 0.5) is 0 Å². The minimum Gasteiger partial charge on any atom is -0.481 e. The zero-order valence-corrected chi connectivity index (χ0v) is 55.4. The van der Waals surface area contributed by atoms with Crippen LogP contribution >= 0.6 is 0 Å². The third-order valence-corrected chi connectivity index (χ3v) is 14.8. The predicted molar refractivity (Wildman–Crippen MR) is 357 cm³/mol. The molecule has 0 aliphatic carbocycles. The highest BCUT2D eigenvalue weighted by molar-refractivity contribution is 5.67. The maximum Gasteiger partial charge on any atom is 0.303 e. The molecule has 0 atom stereocenters. The second-order valence-electron chi connectivity index (χ2n) is 23.5. The summed E-state index contributed by atoms with van der Waals surface area (Å²) in [4.78, 5) is 31.1. The fraction of sp³-hybridized carbons (Fsp3) is 0.875. The average molecular weight is 1200 g/mol. The molecule has 0 fully saturated rings. The van der Waals surface area contributed by atoms with Gasteiger partial charge in [-0.05, 0) is 96.3 Å². The summed E-state index contributed by atoms with van der Waals surface area (Å²) in [5, 5.41) is 73.7. The number of carboxylic acids is 3. The van der Waals surface area contributed by atoms with Crippen molar-refractivity contribution in [3.8, 4) is 0 Å². The smallest absolute Gasteiger partial charge is 0.303 e. The van der Waals surface area contributed by atoms with E-state index in [9.17, 15) is 14.4 Å². The summed E-state index contributed by atoms with van der Waals surface area (Å²) in [6, 6.07) is 0. The van der Waals surface area contributed by atoms with E-state index in [0.717, 1.165) is 38.5 Å². The van der Waals surface area contributed by atoms with Crippen LogP contribution in [0.1, 0.15) is 367 Å². The first-order valence-electron chi connectivity index (χ1n) is 35.3. The van der Waals surface area contributed by atoms with E-state index in [1.165, 1.54) is 289 Å². The lowest BCUT2D eigenvalue weighted by molar-refractivity contribution is -0.138. The van der Waals surface area contributed by atoms with Crippen molar-refractivity contribution in [2.45, 2.75) is 380 Å². The molecule has 0 aliphatic rings. The van der Waals surface area contributed by atoms with Gasteiger partial charge in [-0.3, -0.25) is 14.4 Å². The van der Waals surface area contributed by atoms with Gasteiger partial charge in [-0.15, -0.1) is 0 Å². The van der Waals surface area contributed by atoms with Crippen LogP contribution in [0.15, 0.2) is 36.5 Å². The molecule has 0 aromatic heterocycles. The van der Waals surface area contributed by atoms with Gasteiger partial charge in [-0.25, -0.2) is 0 Å². The van der Waals surface area contributed by atoms with E-state index in [4.69, 9.17) is 46.0 Å². The monoisotopic (exact) mass is 1200 g/mol. The van der Waals surface area contributed by atoms with Crippen LogP contribution in [0, 0.1) is 0 Å². The van der Waals surface area contributed by atoms with Gasteiger partial charge in [0.2, 0.25) is 0 Å². The minimum atomic E-state index is -0.954. The van der Waals surface area contributed by atoms with E-state index in [1.807, 2.05) is 0 Å². The number of rotatable bonds is 61. The molecular weight excluding hydrogens is 1060 g/mol. The Morgan fingerprint density at radius 2 is 0.369 bits per heavy atom. The Labute approximate surface area is 518 Å². The molecule has 0 unspecified atom stereocenters. The van der Waals surface area contributed by atoms with Crippen LogP contribution in [0.25, 0.3) is 0 Å². The van der Waals surface area contributed by atoms with Crippen molar-refractivity contribution in [3.05, 3.63) is 36.5 Å². The highest BCUT2D eigenvalue weighted by atomic mass is 16.4. The Balaban J connectivity index is -0.000000337. The molecule has 0 aromatic rings. The summed E-state index contributed by atoms with van der Waals surface area (Å²) in [5.74, 6) is -1.97. The van der Waals surface area contributed by atoms with Crippen LogP contribution in [-0.4, -0.2) is 103 Å². The van der Waals surface area contributed by atoms with Crippen molar-refractivity contribution in [3.63, 3.8) is 0 Å². The molecule has 9 N–H and O–H groups in total. The Bertz CT molecular complexity index is 1150. The van der Waals surface area contributed by atoms with Gasteiger partial charge in [0, 0.05) is 19.3 Å². The maximum atomic E-state index is 10.4. The van der Waals surface area contributed by atoms with Crippen LogP contribution in [0.2, 0.25) is 0 Å². The number of aliphatic hydroxyl groups is 6. The van der Waals surface area contributed by atoms with Gasteiger partial charge in [-0.2, -0.15) is 0 Å². The molecule has 0 radical (unpaired) electrons. The molecule has 0 rings (SSSR count). The average Bonchev–Trinajstić information content (AvgIpc) is 3.48. The second-order valence-corrected chi connectivity index (χ2v) is 23.5. The maximum absolute atomic E-state index is 10.4. The topological polar surface area (TPSA) is 233 Å². The van der Waals surface area contributed by atoms with Crippen molar-refractivity contribution in [1.29, 1.82) is 0 Å². The van der Waals surface area contributed by atoms with E-state index >= 15 is 0 Å². The number of hydrogen-bond donors (Lipinski definition) is 9. The first kappa shape index (κ1) is 90.1. The number of aliphatic hydroxyl groups excluding tert-OH is 6. The summed E-state index contributed by atoms with van der Waals surface area (Å²) in [7, 11) is 0. The van der Waals surface area contributed by atoms with Gasteiger partial charge < -0.3 is 46.0 Å². The van der Waals surface area contributed by atoms with E-state index in [0.29, 0.717) is 19.3 Å². The summed E-state index contributed by atoms with van der Waals surface area (Å²) >= 11 is 0. The predicted octanol–water partition coefficient (Wildman–Crippen LogP) is 19.7. The van der Waals surface area contributed by atoms with Crippen molar-refractivity contribution in [1.82, 2.24) is 0 Å². The molecule has 0 bridgehead atoms. The molecule has 0 aromatic carbocycles. The van der Waals surface area contributed by atoms with Crippen molar-refractivity contribution < 1.29 is 60.3 Å². The summed E-state index contributed by atoms with van der Waals surface area (Å²) in [6.07, 6.45) is 79.5. The summed E-state index contributed by atoms with van der Waals surface area (Å²) in [6.45, 7) is 5.36. The molecule has 0 aliphatic heterocycles. The Morgan fingerprint density at radius 1 is 0.238 bits per heavy atom. The highest BCUT2D eigenvalue weighted by Crippen LogP contribution is 2.16. The van der Waals surface area contributed by atoms with Gasteiger partial charge in [0.15, 0.2) is 0 Å². The van der Waals surface area contributed by atoms with Gasteiger partial charge >= 0.3 is 17.9 Å². The SMILES string of the molecule is CCCCCCCC/C=C\CCCCCCCCCCCC(=O)O.CCCCCCCC/C=C\CCCCCCCCCCCC(=O)O.CCCCCCCC/C=C\CCCCCCCCCCCC(=O)O.OCC(O)CO.OCC(O)CO. The number of carboxylic acid groups (broad SMARTS) is 3. The van der Waals surface area contributed by atoms with Crippen LogP contribution in [-0.2, 0) is 14.4 Å². The Hall–Kier alpha value is -2.61. The minimum absolute atomic E-state index is 0.340. The lowest BCUT2D eigenvalue weighted by Crippen LogP contribution is -2.15. The van der Waals surface area contributed by atoms with E-state index in [1.54, 1.807) is 0 Å². The number of unbranched alkanes of at least 4 members (excludes halogenated alkanes) is 45.